The second-order valence-corrected chi connectivity index (χ2v) is 11.7. The summed E-state index contributed by atoms with van der Waals surface area (Å²) in [5, 5.41) is 2.23. The van der Waals surface area contributed by atoms with Crippen molar-refractivity contribution < 1.29 is 0 Å². The molecule has 0 fully saturated rings. The van der Waals surface area contributed by atoms with E-state index >= 15 is 0 Å². The normalized spacial score (nSPS) is 11.7. The van der Waals surface area contributed by atoms with E-state index in [4.69, 9.17) is 19.9 Å². The van der Waals surface area contributed by atoms with Crippen LogP contribution in [0.4, 0.5) is 0 Å². The molecule has 0 unspecified atom stereocenters. The van der Waals surface area contributed by atoms with Gasteiger partial charge in [0.05, 0.1) is 11.4 Å². The van der Waals surface area contributed by atoms with Gasteiger partial charge in [-0.05, 0) is 45.8 Å². The van der Waals surface area contributed by atoms with Crippen LogP contribution in [0, 0.1) is 0 Å². The smallest absolute Gasteiger partial charge is 0.164 e. The fourth-order valence-corrected chi connectivity index (χ4v) is 6.59. The Labute approximate surface area is 272 Å². The molecule has 3 heterocycles. The second kappa shape index (κ2) is 11.2. The van der Waals surface area contributed by atoms with Crippen molar-refractivity contribution in [1.29, 1.82) is 0 Å². The molecular weight excluding hydrogens is 574 g/mol. The number of hydrogen-bond acceptors (Lipinski definition) is 5. The summed E-state index contributed by atoms with van der Waals surface area (Å²) in [5.74, 6) is 1.93. The molecule has 5 heteroatoms. The topological polar surface area (TPSA) is 64.5 Å². The van der Waals surface area contributed by atoms with Gasteiger partial charge >= 0.3 is 0 Å². The molecule has 0 aliphatic heterocycles. The molecular formula is C42H27N5. The number of fused-ring (bicyclic) bond motifs is 4. The monoisotopic (exact) mass is 601 g/mol. The van der Waals surface area contributed by atoms with Gasteiger partial charge in [-0.3, -0.25) is 9.97 Å². The molecule has 0 N–H and O–H groups in total. The predicted molar refractivity (Wildman–Crippen MR) is 188 cm³/mol. The number of pyridine rings is 2. The lowest BCUT2D eigenvalue weighted by Crippen LogP contribution is -2.00. The van der Waals surface area contributed by atoms with Gasteiger partial charge in [-0.1, -0.05) is 121 Å². The minimum Gasteiger partial charge on any atom is -0.256 e. The zero-order chi connectivity index (χ0) is 31.2. The van der Waals surface area contributed by atoms with Crippen LogP contribution in [-0.4, -0.2) is 24.9 Å². The third kappa shape index (κ3) is 4.86. The maximum Gasteiger partial charge on any atom is 0.164 e. The largest absolute Gasteiger partial charge is 0.256 e. The van der Waals surface area contributed by atoms with Crippen LogP contribution in [0.15, 0.2) is 152 Å². The Morgan fingerprint density at radius 2 is 1.06 bits per heavy atom. The highest BCUT2D eigenvalue weighted by molar-refractivity contribution is 5.98. The van der Waals surface area contributed by atoms with Crippen LogP contribution in [0.25, 0.3) is 78.6 Å². The van der Waals surface area contributed by atoms with Gasteiger partial charge in [-0.2, -0.15) is 0 Å². The molecule has 0 radical (unpaired) electrons. The Morgan fingerprint density at radius 3 is 1.83 bits per heavy atom. The van der Waals surface area contributed by atoms with E-state index in [1.54, 1.807) is 0 Å². The van der Waals surface area contributed by atoms with Crippen molar-refractivity contribution in [3.05, 3.63) is 163 Å². The summed E-state index contributed by atoms with van der Waals surface area (Å²) < 4.78 is 0. The lowest BCUT2D eigenvalue weighted by molar-refractivity contribution is 1.07. The molecule has 1 aliphatic rings. The number of benzene rings is 5. The van der Waals surface area contributed by atoms with Crippen molar-refractivity contribution in [1.82, 2.24) is 24.9 Å². The second-order valence-electron chi connectivity index (χ2n) is 11.7. The number of hydrogen-bond donors (Lipinski definition) is 0. The molecule has 5 aromatic carbocycles. The zero-order valence-corrected chi connectivity index (χ0v) is 25.4. The van der Waals surface area contributed by atoms with E-state index in [2.05, 4.69) is 77.8 Å². The molecule has 0 bridgehead atoms. The standard InChI is InChI=1S/C42H27N5/c1-3-11-27(12-4-1)40-45-41(28-13-5-2-6-14-28)47-42(46-40)32-17-7-15-29(23-32)33-19-8-16-30-25-38(44-26-37(30)33)34-20-9-21-35-36(34)24-31-18-10-22-43-39(31)35/h1-23,25-26H,24H2. The van der Waals surface area contributed by atoms with E-state index in [1.165, 1.54) is 16.7 Å². The minimum atomic E-state index is 0.633. The van der Waals surface area contributed by atoms with Crippen LogP contribution in [0.2, 0.25) is 0 Å². The summed E-state index contributed by atoms with van der Waals surface area (Å²) in [5.41, 5.74) is 12.0. The van der Waals surface area contributed by atoms with Gasteiger partial charge in [0.15, 0.2) is 17.5 Å². The number of rotatable bonds is 5. The lowest BCUT2D eigenvalue weighted by Gasteiger charge is -2.12. The van der Waals surface area contributed by atoms with E-state index in [1.807, 2.05) is 79.1 Å². The van der Waals surface area contributed by atoms with Crippen LogP contribution in [0.5, 0.6) is 0 Å². The van der Waals surface area contributed by atoms with E-state index in [0.717, 1.165) is 62.0 Å². The highest BCUT2D eigenvalue weighted by Crippen LogP contribution is 2.41. The van der Waals surface area contributed by atoms with E-state index in [-0.39, 0.29) is 0 Å². The third-order valence-corrected chi connectivity index (χ3v) is 8.86. The Bertz CT molecular complexity index is 2380. The van der Waals surface area contributed by atoms with Crippen molar-refractivity contribution in [2.75, 3.05) is 0 Å². The van der Waals surface area contributed by atoms with Gasteiger partial charge in [0.1, 0.15) is 0 Å². The Morgan fingerprint density at radius 1 is 0.447 bits per heavy atom. The summed E-state index contributed by atoms with van der Waals surface area (Å²) in [4.78, 5) is 24.4. The fourth-order valence-electron chi connectivity index (χ4n) is 6.59. The summed E-state index contributed by atoms with van der Waals surface area (Å²) in [6.07, 6.45) is 4.75. The molecule has 0 atom stereocenters. The van der Waals surface area contributed by atoms with E-state index in [0.29, 0.717) is 17.5 Å². The van der Waals surface area contributed by atoms with Crippen LogP contribution < -0.4 is 0 Å². The SMILES string of the molecule is c1ccc(-c2nc(-c3ccccc3)nc(-c3cccc(-c4cccc5cc(-c6cccc7c6Cc6cccnc6-7)ncc45)c3)n2)cc1. The van der Waals surface area contributed by atoms with Crippen LogP contribution >= 0.6 is 0 Å². The highest BCUT2D eigenvalue weighted by Gasteiger charge is 2.23. The van der Waals surface area contributed by atoms with E-state index < -0.39 is 0 Å². The average molecular weight is 602 g/mol. The molecule has 3 aromatic heterocycles. The first-order valence-corrected chi connectivity index (χ1v) is 15.7. The average Bonchev–Trinajstić information content (AvgIpc) is 3.54. The van der Waals surface area contributed by atoms with Crippen LogP contribution in [-0.2, 0) is 6.42 Å². The quantitative estimate of drug-likeness (QED) is 0.197. The molecule has 0 amide bonds. The van der Waals surface area contributed by atoms with Gasteiger partial charge in [-0.25, -0.2) is 15.0 Å². The van der Waals surface area contributed by atoms with Gasteiger partial charge in [0, 0.05) is 52.0 Å². The number of nitrogens with zero attached hydrogens (tertiary/aromatic N) is 5. The molecule has 1 aliphatic carbocycles. The van der Waals surface area contributed by atoms with Crippen LogP contribution in [0.3, 0.4) is 0 Å². The molecule has 47 heavy (non-hydrogen) atoms. The summed E-state index contributed by atoms with van der Waals surface area (Å²) in [7, 11) is 0. The predicted octanol–water partition coefficient (Wildman–Crippen LogP) is 9.72. The van der Waals surface area contributed by atoms with E-state index in [9.17, 15) is 0 Å². The molecule has 0 saturated heterocycles. The van der Waals surface area contributed by atoms with Crippen molar-refractivity contribution in [3.8, 4) is 67.8 Å². The maximum absolute atomic E-state index is 5.02. The fraction of sp³-hybridized carbons (Fsp3) is 0.0238. The zero-order valence-electron chi connectivity index (χ0n) is 25.4. The molecule has 0 spiro atoms. The third-order valence-electron chi connectivity index (χ3n) is 8.86. The highest BCUT2D eigenvalue weighted by atomic mass is 15.0. The molecule has 9 rings (SSSR count). The molecule has 220 valence electrons. The first-order valence-electron chi connectivity index (χ1n) is 15.7. The Kier molecular flexibility index (Phi) is 6.46. The molecule has 5 nitrogen and oxygen atoms in total. The molecule has 8 aromatic rings. The van der Waals surface area contributed by atoms with Crippen molar-refractivity contribution in [3.63, 3.8) is 0 Å². The lowest BCUT2D eigenvalue weighted by atomic mass is 9.95. The van der Waals surface area contributed by atoms with Gasteiger partial charge in [-0.15, -0.1) is 0 Å². The molecule has 0 saturated carbocycles. The number of aromatic nitrogens is 5. The Balaban J connectivity index is 1.12. The maximum atomic E-state index is 5.02. The minimum absolute atomic E-state index is 0.633. The first kappa shape index (κ1) is 27.0. The van der Waals surface area contributed by atoms with Crippen molar-refractivity contribution in [2.24, 2.45) is 0 Å². The Hall–Kier alpha value is -6.33. The summed E-state index contributed by atoms with van der Waals surface area (Å²) >= 11 is 0. The van der Waals surface area contributed by atoms with Gasteiger partial charge in [0.25, 0.3) is 0 Å². The summed E-state index contributed by atoms with van der Waals surface area (Å²) in [6.45, 7) is 0. The van der Waals surface area contributed by atoms with Crippen molar-refractivity contribution in [2.45, 2.75) is 6.42 Å². The van der Waals surface area contributed by atoms with Gasteiger partial charge in [0.2, 0.25) is 0 Å². The van der Waals surface area contributed by atoms with Crippen LogP contribution in [0.1, 0.15) is 11.1 Å². The van der Waals surface area contributed by atoms with Crippen molar-refractivity contribution >= 4 is 10.8 Å². The van der Waals surface area contributed by atoms with Gasteiger partial charge < -0.3 is 0 Å². The summed E-state index contributed by atoms with van der Waals surface area (Å²) in [6, 6.07) is 47.8. The first-order chi connectivity index (χ1) is 23.3.